The number of aromatic nitrogens is 4. The molecule has 0 amide bonds. The molecule has 21 heavy (non-hydrogen) atoms. The van der Waals surface area contributed by atoms with E-state index in [9.17, 15) is 4.79 Å². The Morgan fingerprint density at radius 2 is 2.14 bits per heavy atom. The molecule has 1 fully saturated rings. The molecule has 0 aliphatic heterocycles. The van der Waals surface area contributed by atoms with Crippen LogP contribution >= 0.6 is 27.7 Å². The number of fused-ring (bicyclic) bond motifs is 1. The number of ketones is 1. The standard InChI is InChI=1S/C13H16BrN5OS/c14-8-3-1-7(2-4-8)9(20)5-21-12-10-11(17-6-16-10)18-13(15)19-12/h6-8H,1-5H2,(H3,15,16,17,18,19). The van der Waals surface area contributed by atoms with E-state index >= 15 is 0 Å². The number of nitrogens with one attached hydrogen (secondary N) is 1. The molecule has 2 heterocycles. The first-order valence-corrected chi connectivity index (χ1v) is 8.80. The Hall–Kier alpha value is -1.15. The Kier molecular flexibility index (Phi) is 4.44. The lowest BCUT2D eigenvalue weighted by atomic mass is 9.87. The molecule has 0 spiro atoms. The maximum absolute atomic E-state index is 12.3. The molecule has 0 unspecified atom stereocenters. The summed E-state index contributed by atoms with van der Waals surface area (Å²) in [6.07, 6.45) is 5.65. The summed E-state index contributed by atoms with van der Waals surface area (Å²) in [5, 5.41) is 0.692. The van der Waals surface area contributed by atoms with Crippen LogP contribution in [0.5, 0.6) is 0 Å². The fourth-order valence-corrected chi connectivity index (χ4v) is 4.06. The zero-order valence-corrected chi connectivity index (χ0v) is 13.8. The maximum Gasteiger partial charge on any atom is 0.223 e. The Labute approximate surface area is 134 Å². The lowest BCUT2D eigenvalue weighted by Gasteiger charge is -2.23. The monoisotopic (exact) mass is 369 g/mol. The average molecular weight is 370 g/mol. The fraction of sp³-hybridized carbons (Fsp3) is 0.538. The summed E-state index contributed by atoms with van der Waals surface area (Å²) in [5.41, 5.74) is 6.95. The summed E-state index contributed by atoms with van der Waals surface area (Å²) in [4.78, 5) is 28.2. The third-order valence-corrected chi connectivity index (χ3v) is 5.65. The fourth-order valence-electron chi connectivity index (χ4n) is 2.56. The zero-order valence-electron chi connectivity index (χ0n) is 11.4. The van der Waals surface area contributed by atoms with Crippen LogP contribution < -0.4 is 5.73 Å². The number of thioether (sulfide) groups is 1. The number of carbonyl (C=O) groups excluding carboxylic acids is 1. The van der Waals surface area contributed by atoms with Crippen molar-refractivity contribution in [1.82, 2.24) is 19.9 Å². The molecule has 1 saturated carbocycles. The van der Waals surface area contributed by atoms with E-state index < -0.39 is 0 Å². The summed E-state index contributed by atoms with van der Waals surface area (Å²) < 4.78 is 0. The minimum absolute atomic E-state index is 0.183. The number of halogens is 1. The molecule has 1 aliphatic rings. The van der Waals surface area contributed by atoms with Crippen molar-refractivity contribution in [2.24, 2.45) is 5.92 Å². The molecule has 0 aromatic carbocycles. The lowest BCUT2D eigenvalue weighted by Crippen LogP contribution is -2.23. The second-order valence-corrected chi connectivity index (χ2v) is 7.45. The SMILES string of the molecule is Nc1nc(SCC(=O)C2CCC(Br)CC2)c2[nH]cnc2n1. The van der Waals surface area contributed by atoms with Crippen LogP contribution in [-0.4, -0.2) is 36.3 Å². The predicted octanol–water partition coefficient (Wildman–Crippen LogP) is 2.55. The van der Waals surface area contributed by atoms with Gasteiger partial charge in [0.25, 0.3) is 0 Å². The van der Waals surface area contributed by atoms with Crippen molar-refractivity contribution in [2.75, 3.05) is 11.5 Å². The van der Waals surface area contributed by atoms with E-state index in [-0.39, 0.29) is 11.9 Å². The van der Waals surface area contributed by atoms with Gasteiger partial charge in [-0.2, -0.15) is 4.98 Å². The first-order chi connectivity index (χ1) is 10.1. The molecule has 2 aromatic heterocycles. The summed E-state index contributed by atoms with van der Waals surface area (Å²) in [6.45, 7) is 0. The van der Waals surface area contributed by atoms with E-state index in [1.807, 2.05) is 0 Å². The van der Waals surface area contributed by atoms with Crippen LogP contribution in [0.4, 0.5) is 5.95 Å². The summed E-state index contributed by atoms with van der Waals surface area (Å²) in [5.74, 6) is 1.08. The first-order valence-electron chi connectivity index (χ1n) is 6.89. The molecule has 3 rings (SSSR count). The van der Waals surface area contributed by atoms with Gasteiger partial charge in [0.15, 0.2) is 5.65 Å². The zero-order chi connectivity index (χ0) is 14.8. The molecule has 0 radical (unpaired) electrons. The quantitative estimate of drug-likeness (QED) is 0.488. The number of Topliss-reactive ketones (excluding diaryl/α,β-unsaturated/α-hetero) is 1. The van der Waals surface area contributed by atoms with Crippen molar-refractivity contribution in [3.63, 3.8) is 0 Å². The number of nitrogens with two attached hydrogens (primary N) is 1. The van der Waals surface area contributed by atoms with Crippen molar-refractivity contribution < 1.29 is 4.79 Å². The Morgan fingerprint density at radius 1 is 1.38 bits per heavy atom. The Balaban J connectivity index is 1.66. The number of imidazole rings is 1. The van der Waals surface area contributed by atoms with Crippen LogP contribution in [0.25, 0.3) is 11.2 Å². The summed E-state index contributed by atoms with van der Waals surface area (Å²) in [6, 6.07) is 0. The summed E-state index contributed by atoms with van der Waals surface area (Å²) >= 11 is 5.02. The van der Waals surface area contributed by atoms with Gasteiger partial charge in [-0.1, -0.05) is 27.7 Å². The minimum atomic E-state index is 0.183. The highest BCUT2D eigenvalue weighted by Crippen LogP contribution is 2.31. The van der Waals surface area contributed by atoms with Crippen molar-refractivity contribution in [1.29, 1.82) is 0 Å². The highest BCUT2D eigenvalue weighted by molar-refractivity contribution is 9.09. The van der Waals surface area contributed by atoms with Crippen LogP contribution in [0.3, 0.4) is 0 Å². The normalized spacial score (nSPS) is 22.5. The first kappa shape index (κ1) is 14.8. The van der Waals surface area contributed by atoms with Crippen LogP contribution in [0.15, 0.2) is 11.4 Å². The minimum Gasteiger partial charge on any atom is -0.368 e. The van der Waals surface area contributed by atoms with Crippen LogP contribution in [0.1, 0.15) is 25.7 Å². The number of nitrogens with zero attached hydrogens (tertiary/aromatic N) is 3. The second kappa shape index (κ2) is 6.31. The molecule has 0 atom stereocenters. The molecule has 6 nitrogen and oxygen atoms in total. The van der Waals surface area contributed by atoms with Crippen LogP contribution in [0.2, 0.25) is 0 Å². The second-order valence-electron chi connectivity index (χ2n) is 5.19. The van der Waals surface area contributed by atoms with E-state index in [1.165, 1.54) is 11.8 Å². The van der Waals surface area contributed by atoms with Gasteiger partial charge < -0.3 is 10.7 Å². The molecule has 8 heteroatoms. The van der Waals surface area contributed by atoms with E-state index in [2.05, 4.69) is 35.9 Å². The summed E-state index contributed by atoms with van der Waals surface area (Å²) in [7, 11) is 0. The molecule has 112 valence electrons. The van der Waals surface area contributed by atoms with Gasteiger partial charge >= 0.3 is 0 Å². The van der Waals surface area contributed by atoms with E-state index in [0.717, 1.165) is 31.2 Å². The van der Waals surface area contributed by atoms with Crippen molar-refractivity contribution in [3.05, 3.63) is 6.33 Å². The smallest absolute Gasteiger partial charge is 0.223 e. The molecular weight excluding hydrogens is 354 g/mol. The number of H-pyrrole nitrogens is 1. The van der Waals surface area contributed by atoms with E-state index in [0.29, 0.717) is 27.0 Å². The van der Waals surface area contributed by atoms with Gasteiger partial charge in [0.1, 0.15) is 16.3 Å². The highest BCUT2D eigenvalue weighted by Gasteiger charge is 2.25. The van der Waals surface area contributed by atoms with Crippen LogP contribution in [0, 0.1) is 5.92 Å². The number of hydrogen-bond donors (Lipinski definition) is 2. The van der Waals surface area contributed by atoms with Gasteiger partial charge in [0.2, 0.25) is 5.95 Å². The topological polar surface area (TPSA) is 97.5 Å². The highest BCUT2D eigenvalue weighted by atomic mass is 79.9. The molecule has 1 aliphatic carbocycles. The third kappa shape index (κ3) is 3.37. The number of hydrogen-bond acceptors (Lipinski definition) is 6. The van der Waals surface area contributed by atoms with Gasteiger partial charge in [0.05, 0.1) is 12.1 Å². The number of anilines is 1. The van der Waals surface area contributed by atoms with E-state index in [1.54, 1.807) is 6.33 Å². The largest absolute Gasteiger partial charge is 0.368 e. The Bertz CT molecular complexity index is 653. The van der Waals surface area contributed by atoms with E-state index in [4.69, 9.17) is 5.73 Å². The van der Waals surface area contributed by atoms with Crippen LogP contribution in [-0.2, 0) is 4.79 Å². The molecule has 2 aromatic rings. The molecular formula is C13H16BrN5OS. The van der Waals surface area contributed by atoms with Gasteiger partial charge in [0, 0.05) is 10.7 Å². The number of alkyl halides is 1. The Morgan fingerprint density at radius 3 is 2.90 bits per heavy atom. The number of nitrogen functional groups attached to an aromatic ring is 1. The predicted molar refractivity (Wildman–Crippen MR) is 86.5 cm³/mol. The van der Waals surface area contributed by atoms with Crippen molar-refractivity contribution in [3.8, 4) is 0 Å². The lowest BCUT2D eigenvalue weighted by molar-refractivity contribution is -0.121. The number of aromatic amines is 1. The maximum atomic E-state index is 12.3. The molecule has 0 saturated heterocycles. The van der Waals surface area contributed by atoms with Gasteiger partial charge in [-0.25, -0.2) is 9.97 Å². The molecule has 0 bridgehead atoms. The number of rotatable bonds is 4. The number of carbonyl (C=O) groups is 1. The van der Waals surface area contributed by atoms with Gasteiger partial charge in [-0.05, 0) is 25.7 Å². The molecule has 3 N–H and O–H groups in total. The third-order valence-electron chi connectivity index (χ3n) is 3.73. The van der Waals surface area contributed by atoms with Gasteiger partial charge in [-0.15, -0.1) is 0 Å². The van der Waals surface area contributed by atoms with Crippen molar-refractivity contribution in [2.45, 2.75) is 35.5 Å². The average Bonchev–Trinajstić information content (AvgIpc) is 2.93. The van der Waals surface area contributed by atoms with Crippen molar-refractivity contribution >= 4 is 50.6 Å². The van der Waals surface area contributed by atoms with Gasteiger partial charge in [-0.3, -0.25) is 4.79 Å².